The average molecular weight is 424 g/mol. The number of hydrogen-bond donors (Lipinski definition) is 0. The summed E-state index contributed by atoms with van der Waals surface area (Å²) in [6.07, 6.45) is 2.91. The maximum absolute atomic E-state index is 13.1. The van der Waals surface area contributed by atoms with Crippen molar-refractivity contribution in [1.82, 2.24) is 14.8 Å². The first-order valence-electron chi connectivity index (χ1n) is 10.8. The number of ether oxygens (including phenoxy) is 2. The number of rotatable bonds is 5. The summed E-state index contributed by atoms with van der Waals surface area (Å²) in [6, 6.07) is 9.51. The zero-order chi connectivity index (χ0) is 21.8. The number of pyridine rings is 1. The molecule has 4 rings (SSSR count). The van der Waals surface area contributed by atoms with E-state index in [4.69, 9.17) is 9.47 Å². The molecule has 2 amide bonds. The van der Waals surface area contributed by atoms with Gasteiger partial charge in [-0.25, -0.2) is 0 Å². The van der Waals surface area contributed by atoms with E-state index in [0.29, 0.717) is 51.4 Å². The van der Waals surface area contributed by atoms with Gasteiger partial charge in [-0.1, -0.05) is 12.1 Å². The number of nitrogens with zero attached hydrogens (tertiary/aromatic N) is 3. The standard InChI is InChI=1S/C24H29N3O4/c1-17-14-18(5-6-21(17)30-2)15-22(28)27-9-7-19(16-27)23-20(4-3-8-25-23)24(29)26-10-12-31-13-11-26/h3-6,8,14,19H,7,9-13,15-16H2,1-2H3/t19-/m0/s1. The van der Waals surface area contributed by atoms with Crippen LogP contribution in [0.3, 0.4) is 0 Å². The maximum Gasteiger partial charge on any atom is 0.255 e. The van der Waals surface area contributed by atoms with E-state index in [1.165, 1.54) is 0 Å². The first-order valence-corrected chi connectivity index (χ1v) is 10.8. The van der Waals surface area contributed by atoms with Gasteiger partial charge in [-0.15, -0.1) is 0 Å². The number of aromatic nitrogens is 1. The number of carbonyl (C=O) groups is 2. The van der Waals surface area contributed by atoms with Crippen LogP contribution >= 0.6 is 0 Å². The van der Waals surface area contributed by atoms with Crippen molar-refractivity contribution in [3.63, 3.8) is 0 Å². The van der Waals surface area contributed by atoms with Gasteiger partial charge in [-0.05, 0) is 42.7 Å². The molecule has 164 valence electrons. The minimum absolute atomic E-state index is 0.00452. The van der Waals surface area contributed by atoms with Crippen molar-refractivity contribution in [2.75, 3.05) is 46.5 Å². The van der Waals surface area contributed by atoms with Gasteiger partial charge >= 0.3 is 0 Å². The fraction of sp³-hybridized carbons (Fsp3) is 0.458. The van der Waals surface area contributed by atoms with Crippen LogP contribution in [0.4, 0.5) is 0 Å². The molecule has 2 aliphatic heterocycles. The third-order valence-electron chi connectivity index (χ3n) is 6.11. The fourth-order valence-electron chi connectivity index (χ4n) is 4.41. The highest BCUT2D eigenvalue weighted by atomic mass is 16.5. The molecule has 7 heteroatoms. The summed E-state index contributed by atoms with van der Waals surface area (Å²) >= 11 is 0. The Kier molecular flexibility index (Phi) is 6.51. The minimum Gasteiger partial charge on any atom is -0.496 e. The van der Waals surface area contributed by atoms with Gasteiger partial charge in [0.15, 0.2) is 0 Å². The van der Waals surface area contributed by atoms with E-state index < -0.39 is 0 Å². The largest absolute Gasteiger partial charge is 0.496 e. The van der Waals surface area contributed by atoms with E-state index in [2.05, 4.69) is 4.98 Å². The molecule has 7 nitrogen and oxygen atoms in total. The van der Waals surface area contributed by atoms with E-state index >= 15 is 0 Å². The van der Waals surface area contributed by atoms with Crippen LogP contribution in [-0.2, 0) is 16.0 Å². The molecule has 0 aliphatic carbocycles. The molecule has 0 unspecified atom stereocenters. The van der Waals surface area contributed by atoms with E-state index in [0.717, 1.165) is 29.0 Å². The smallest absolute Gasteiger partial charge is 0.255 e. The number of methoxy groups -OCH3 is 1. The number of benzene rings is 1. The number of morpholine rings is 1. The zero-order valence-electron chi connectivity index (χ0n) is 18.2. The highest BCUT2D eigenvalue weighted by molar-refractivity contribution is 5.95. The van der Waals surface area contributed by atoms with Gasteiger partial charge in [0, 0.05) is 38.3 Å². The fourth-order valence-corrected chi connectivity index (χ4v) is 4.41. The Balaban J connectivity index is 1.43. The summed E-state index contributed by atoms with van der Waals surface area (Å²) in [7, 11) is 1.65. The Morgan fingerprint density at radius 3 is 2.71 bits per heavy atom. The van der Waals surface area contributed by atoms with Crippen molar-refractivity contribution >= 4 is 11.8 Å². The summed E-state index contributed by atoms with van der Waals surface area (Å²) in [5.74, 6) is 1.00. The van der Waals surface area contributed by atoms with Crippen LogP contribution in [-0.4, -0.2) is 73.1 Å². The van der Waals surface area contributed by atoms with Crippen LogP contribution in [0, 0.1) is 6.92 Å². The zero-order valence-corrected chi connectivity index (χ0v) is 18.2. The van der Waals surface area contributed by atoms with Gasteiger partial charge in [0.2, 0.25) is 5.91 Å². The van der Waals surface area contributed by atoms with E-state index in [1.54, 1.807) is 19.4 Å². The summed E-state index contributed by atoms with van der Waals surface area (Å²) in [6.45, 7) is 5.59. The summed E-state index contributed by atoms with van der Waals surface area (Å²) in [5.41, 5.74) is 3.45. The first kappa shape index (κ1) is 21.3. The molecule has 31 heavy (non-hydrogen) atoms. The first-order chi connectivity index (χ1) is 15.1. The van der Waals surface area contributed by atoms with Crippen molar-refractivity contribution in [1.29, 1.82) is 0 Å². The molecule has 2 aromatic rings. The maximum atomic E-state index is 13.1. The molecule has 0 radical (unpaired) electrons. The van der Waals surface area contributed by atoms with Crippen molar-refractivity contribution in [3.8, 4) is 5.75 Å². The quantitative estimate of drug-likeness (QED) is 0.739. The average Bonchev–Trinajstić information content (AvgIpc) is 3.30. The van der Waals surface area contributed by atoms with Crippen molar-refractivity contribution < 1.29 is 19.1 Å². The molecule has 2 fully saturated rings. The lowest BCUT2D eigenvalue weighted by Crippen LogP contribution is -2.41. The Bertz CT molecular complexity index is 956. The van der Waals surface area contributed by atoms with E-state index in [9.17, 15) is 9.59 Å². The Labute approximate surface area is 183 Å². The number of hydrogen-bond acceptors (Lipinski definition) is 5. The second kappa shape index (κ2) is 9.47. The predicted octanol–water partition coefficient (Wildman–Crippen LogP) is 2.43. The molecule has 1 aromatic carbocycles. The molecule has 2 aliphatic rings. The Morgan fingerprint density at radius 2 is 1.97 bits per heavy atom. The van der Waals surface area contributed by atoms with Gasteiger partial charge in [0.05, 0.1) is 38.0 Å². The number of amides is 2. The molecule has 1 atom stereocenters. The predicted molar refractivity (Wildman–Crippen MR) is 116 cm³/mol. The number of likely N-dealkylation sites (tertiary alicyclic amines) is 1. The van der Waals surface area contributed by atoms with Gasteiger partial charge in [0.25, 0.3) is 5.91 Å². The van der Waals surface area contributed by atoms with E-state index in [1.807, 2.05) is 41.0 Å². The topological polar surface area (TPSA) is 72.0 Å². The highest BCUT2D eigenvalue weighted by Crippen LogP contribution is 2.29. The molecular weight excluding hydrogens is 394 g/mol. The van der Waals surface area contributed by atoms with E-state index in [-0.39, 0.29) is 17.7 Å². The van der Waals surface area contributed by atoms with Crippen LogP contribution in [0.25, 0.3) is 0 Å². The minimum atomic E-state index is 0.00452. The number of carbonyl (C=O) groups excluding carboxylic acids is 2. The lowest BCUT2D eigenvalue weighted by atomic mass is 9.98. The van der Waals surface area contributed by atoms with Crippen molar-refractivity contribution in [3.05, 3.63) is 58.9 Å². The van der Waals surface area contributed by atoms with Crippen molar-refractivity contribution in [2.24, 2.45) is 0 Å². The van der Waals surface area contributed by atoms with Crippen LogP contribution in [0.5, 0.6) is 5.75 Å². The third kappa shape index (κ3) is 4.71. The second-order valence-corrected chi connectivity index (χ2v) is 8.15. The van der Waals surface area contributed by atoms with Gasteiger partial charge < -0.3 is 19.3 Å². The van der Waals surface area contributed by atoms with Gasteiger partial charge in [0.1, 0.15) is 5.75 Å². The monoisotopic (exact) mass is 423 g/mol. The Morgan fingerprint density at radius 1 is 1.16 bits per heavy atom. The summed E-state index contributed by atoms with van der Waals surface area (Å²) in [4.78, 5) is 34.2. The summed E-state index contributed by atoms with van der Waals surface area (Å²) < 4.78 is 10.7. The Hall–Kier alpha value is -2.93. The van der Waals surface area contributed by atoms with Crippen LogP contribution in [0.2, 0.25) is 0 Å². The molecule has 2 saturated heterocycles. The van der Waals surface area contributed by atoms with Crippen LogP contribution < -0.4 is 4.74 Å². The molecule has 3 heterocycles. The van der Waals surface area contributed by atoms with Gasteiger partial charge in [-0.2, -0.15) is 0 Å². The second-order valence-electron chi connectivity index (χ2n) is 8.15. The van der Waals surface area contributed by atoms with Crippen molar-refractivity contribution in [2.45, 2.75) is 25.7 Å². The molecule has 1 aromatic heterocycles. The molecule has 0 bridgehead atoms. The molecule has 0 spiro atoms. The van der Waals surface area contributed by atoms with Crippen LogP contribution in [0.1, 0.15) is 39.5 Å². The lowest BCUT2D eigenvalue weighted by molar-refractivity contribution is -0.129. The van der Waals surface area contributed by atoms with Crippen LogP contribution in [0.15, 0.2) is 36.5 Å². The molecular formula is C24H29N3O4. The third-order valence-corrected chi connectivity index (χ3v) is 6.11. The lowest BCUT2D eigenvalue weighted by Gasteiger charge is -2.28. The molecule has 0 N–H and O–H groups in total. The highest BCUT2D eigenvalue weighted by Gasteiger charge is 2.32. The van der Waals surface area contributed by atoms with Gasteiger partial charge in [-0.3, -0.25) is 14.6 Å². The summed E-state index contributed by atoms with van der Waals surface area (Å²) in [5, 5.41) is 0. The normalized spacial score (nSPS) is 18.8. The number of aryl methyl sites for hydroxylation is 1. The molecule has 0 saturated carbocycles. The SMILES string of the molecule is COc1ccc(CC(=O)N2CC[C@H](c3ncccc3C(=O)N3CCOCC3)C2)cc1C.